The van der Waals surface area contributed by atoms with E-state index in [-0.39, 0.29) is 5.56 Å². The van der Waals surface area contributed by atoms with Gasteiger partial charge in [0.25, 0.3) is 0 Å². The number of terminal acetylenes is 1. The number of aromatic nitrogens is 1. The summed E-state index contributed by atoms with van der Waals surface area (Å²) >= 11 is 0. The molecule has 1 aromatic heterocycles. The predicted octanol–water partition coefficient (Wildman–Crippen LogP) is 1.63. The van der Waals surface area contributed by atoms with E-state index in [4.69, 9.17) is 11.5 Å². The number of pyridine rings is 1. The van der Waals surface area contributed by atoms with Gasteiger partial charge in [-0.2, -0.15) is 0 Å². The second-order valence-electron chi connectivity index (χ2n) is 3.31. The van der Waals surface area contributed by atoms with Gasteiger partial charge in [0.1, 0.15) is 11.4 Å². The highest BCUT2D eigenvalue weighted by Crippen LogP contribution is 2.16. The van der Waals surface area contributed by atoms with Crippen LogP contribution in [0.15, 0.2) is 18.3 Å². The molecule has 1 heterocycles. The van der Waals surface area contributed by atoms with Crippen molar-refractivity contribution in [1.82, 2.24) is 4.98 Å². The third-order valence-electron chi connectivity index (χ3n) is 2.09. The molecule has 0 radical (unpaired) electrons. The first-order valence-electron chi connectivity index (χ1n) is 5.07. The highest BCUT2D eigenvalue weighted by atomic mass is 16.4. The lowest BCUT2D eigenvalue weighted by Gasteiger charge is -2.21. The van der Waals surface area contributed by atoms with E-state index < -0.39 is 5.97 Å². The normalized spacial score (nSPS) is 9.50. The van der Waals surface area contributed by atoms with Crippen LogP contribution in [0.2, 0.25) is 0 Å². The molecule has 1 N–H and O–H groups in total. The topological polar surface area (TPSA) is 53.4 Å². The fraction of sp³-hybridized carbons (Fsp3) is 0.333. The minimum Gasteiger partial charge on any atom is -0.478 e. The fourth-order valence-corrected chi connectivity index (χ4v) is 1.46. The molecule has 84 valence electrons. The third-order valence-corrected chi connectivity index (χ3v) is 2.09. The first-order chi connectivity index (χ1) is 7.70. The first kappa shape index (κ1) is 12.1. The summed E-state index contributed by atoms with van der Waals surface area (Å²) in [7, 11) is 0. The van der Waals surface area contributed by atoms with E-state index in [0.29, 0.717) is 18.9 Å². The van der Waals surface area contributed by atoms with Crippen molar-refractivity contribution in [3.8, 4) is 12.3 Å². The van der Waals surface area contributed by atoms with Crippen LogP contribution in [0.5, 0.6) is 0 Å². The van der Waals surface area contributed by atoms with Gasteiger partial charge >= 0.3 is 5.97 Å². The molecule has 0 aliphatic carbocycles. The summed E-state index contributed by atoms with van der Waals surface area (Å²) in [5, 5.41) is 9.03. The van der Waals surface area contributed by atoms with Crippen molar-refractivity contribution in [2.45, 2.75) is 13.3 Å². The Kier molecular flexibility index (Phi) is 4.34. The lowest BCUT2D eigenvalue weighted by Crippen LogP contribution is -2.27. The monoisotopic (exact) mass is 218 g/mol. The zero-order valence-electron chi connectivity index (χ0n) is 9.18. The van der Waals surface area contributed by atoms with Crippen LogP contribution in [0.4, 0.5) is 5.82 Å². The Bertz CT molecular complexity index is 410. The maximum atomic E-state index is 11.0. The van der Waals surface area contributed by atoms with E-state index in [1.807, 2.05) is 6.92 Å². The van der Waals surface area contributed by atoms with Gasteiger partial charge in [-0.25, -0.2) is 9.78 Å². The van der Waals surface area contributed by atoms with Crippen LogP contribution < -0.4 is 4.90 Å². The van der Waals surface area contributed by atoms with Crippen LogP contribution >= 0.6 is 0 Å². The number of rotatable bonds is 5. The molecule has 0 fully saturated rings. The number of nitrogens with zero attached hydrogens (tertiary/aromatic N) is 2. The number of carbonyl (C=O) groups is 1. The Morgan fingerprint density at radius 3 is 3.00 bits per heavy atom. The van der Waals surface area contributed by atoms with Gasteiger partial charge < -0.3 is 10.0 Å². The van der Waals surface area contributed by atoms with Crippen molar-refractivity contribution in [3.05, 3.63) is 23.9 Å². The highest BCUT2D eigenvalue weighted by Gasteiger charge is 2.15. The van der Waals surface area contributed by atoms with Crippen molar-refractivity contribution in [2.75, 3.05) is 18.0 Å². The average Bonchev–Trinajstić information content (AvgIpc) is 2.29. The molecule has 0 amide bonds. The van der Waals surface area contributed by atoms with Gasteiger partial charge in [-0.15, -0.1) is 6.42 Å². The molecule has 0 atom stereocenters. The van der Waals surface area contributed by atoms with Crippen LogP contribution in [0.1, 0.15) is 23.7 Å². The summed E-state index contributed by atoms with van der Waals surface area (Å²) in [6, 6.07) is 3.14. The summed E-state index contributed by atoms with van der Waals surface area (Å²) in [6.07, 6.45) is 7.71. The van der Waals surface area contributed by atoms with Crippen molar-refractivity contribution >= 4 is 11.8 Å². The van der Waals surface area contributed by atoms with Crippen LogP contribution in [-0.4, -0.2) is 29.1 Å². The minimum atomic E-state index is -0.985. The van der Waals surface area contributed by atoms with E-state index >= 15 is 0 Å². The van der Waals surface area contributed by atoms with E-state index in [2.05, 4.69) is 10.9 Å². The van der Waals surface area contributed by atoms with Crippen LogP contribution in [0, 0.1) is 12.3 Å². The second-order valence-corrected chi connectivity index (χ2v) is 3.31. The Hall–Kier alpha value is -2.02. The Labute approximate surface area is 94.9 Å². The van der Waals surface area contributed by atoms with Gasteiger partial charge in [-0.1, -0.05) is 12.8 Å². The van der Waals surface area contributed by atoms with E-state index in [1.54, 1.807) is 17.2 Å². The molecule has 0 aliphatic rings. The number of carboxylic acids is 1. The molecule has 0 bridgehead atoms. The van der Waals surface area contributed by atoms with Gasteiger partial charge in [-0.3, -0.25) is 0 Å². The third kappa shape index (κ3) is 2.74. The van der Waals surface area contributed by atoms with Crippen molar-refractivity contribution in [2.24, 2.45) is 0 Å². The molecule has 0 aromatic carbocycles. The molecule has 0 unspecified atom stereocenters. The molecule has 0 saturated carbocycles. The van der Waals surface area contributed by atoms with Crippen molar-refractivity contribution < 1.29 is 9.90 Å². The standard InChI is InChI=1S/C12H14N2O2/c1-3-8-14(9-4-2)11-10(12(15)16)6-5-7-13-11/h1,5-7H,4,8-9H2,2H3,(H,15,16). The van der Waals surface area contributed by atoms with Gasteiger partial charge in [0.2, 0.25) is 0 Å². The molecule has 0 saturated heterocycles. The zero-order valence-corrected chi connectivity index (χ0v) is 9.18. The molecule has 4 heteroatoms. The first-order valence-corrected chi connectivity index (χ1v) is 5.07. The molecular weight excluding hydrogens is 204 g/mol. The van der Waals surface area contributed by atoms with E-state index in [9.17, 15) is 4.79 Å². The Morgan fingerprint density at radius 2 is 2.44 bits per heavy atom. The quantitative estimate of drug-likeness (QED) is 0.763. The fourth-order valence-electron chi connectivity index (χ4n) is 1.46. The number of aromatic carboxylic acids is 1. The molecule has 0 spiro atoms. The molecule has 1 aromatic rings. The summed E-state index contributed by atoms with van der Waals surface area (Å²) in [6.45, 7) is 3.07. The number of anilines is 1. The molecule has 16 heavy (non-hydrogen) atoms. The van der Waals surface area contributed by atoms with E-state index in [0.717, 1.165) is 6.42 Å². The van der Waals surface area contributed by atoms with Gasteiger partial charge in [0.05, 0.1) is 6.54 Å². The minimum absolute atomic E-state index is 0.186. The maximum Gasteiger partial charge on any atom is 0.339 e. The molecule has 4 nitrogen and oxygen atoms in total. The second kappa shape index (κ2) is 5.76. The maximum absolute atomic E-state index is 11.0. The van der Waals surface area contributed by atoms with Gasteiger partial charge in [0, 0.05) is 12.7 Å². The summed E-state index contributed by atoms with van der Waals surface area (Å²) in [5.74, 6) is 1.96. The lowest BCUT2D eigenvalue weighted by atomic mass is 10.2. The van der Waals surface area contributed by atoms with Crippen molar-refractivity contribution in [3.63, 3.8) is 0 Å². The zero-order chi connectivity index (χ0) is 12.0. The van der Waals surface area contributed by atoms with Gasteiger partial charge in [-0.05, 0) is 18.6 Å². The van der Waals surface area contributed by atoms with Gasteiger partial charge in [0.15, 0.2) is 0 Å². The summed E-state index contributed by atoms with van der Waals surface area (Å²) < 4.78 is 0. The molecule has 1 rings (SSSR count). The molecular formula is C12H14N2O2. The summed E-state index contributed by atoms with van der Waals surface area (Å²) in [4.78, 5) is 16.9. The lowest BCUT2D eigenvalue weighted by molar-refractivity contribution is 0.0697. The van der Waals surface area contributed by atoms with Crippen LogP contribution in [0.3, 0.4) is 0 Å². The Balaban J connectivity index is 3.08. The van der Waals surface area contributed by atoms with Crippen LogP contribution in [0.25, 0.3) is 0 Å². The SMILES string of the molecule is C#CCN(CCC)c1ncccc1C(=O)O. The van der Waals surface area contributed by atoms with Crippen molar-refractivity contribution in [1.29, 1.82) is 0 Å². The smallest absolute Gasteiger partial charge is 0.339 e. The average molecular weight is 218 g/mol. The predicted molar refractivity (Wildman–Crippen MR) is 62.5 cm³/mol. The van der Waals surface area contributed by atoms with E-state index in [1.165, 1.54) is 6.07 Å². The largest absolute Gasteiger partial charge is 0.478 e. The summed E-state index contributed by atoms with van der Waals surface area (Å²) in [5.41, 5.74) is 0.186. The number of carboxylic acid groups (broad SMARTS) is 1. The van der Waals surface area contributed by atoms with Crippen LogP contribution in [-0.2, 0) is 0 Å². The number of hydrogen-bond donors (Lipinski definition) is 1. The molecule has 0 aliphatic heterocycles. The highest BCUT2D eigenvalue weighted by molar-refractivity contribution is 5.93. The Morgan fingerprint density at radius 1 is 1.69 bits per heavy atom. The number of hydrogen-bond acceptors (Lipinski definition) is 3.